The van der Waals surface area contributed by atoms with Crippen molar-refractivity contribution in [2.75, 3.05) is 23.7 Å². The molecular weight excluding hydrogens is 469 g/mol. The predicted molar refractivity (Wildman–Crippen MR) is 130 cm³/mol. The van der Waals surface area contributed by atoms with Crippen molar-refractivity contribution in [1.82, 2.24) is 30.2 Å². The van der Waals surface area contributed by atoms with Gasteiger partial charge in [0.15, 0.2) is 17.5 Å². The molecule has 1 aliphatic heterocycles. The maximum atomic E-state index is 14.7. The maximum Gasteiger partial charge on any atom is 0.168 e. The van der Waals surface area contributed by atoms with Crippen LogP contribution in [0.15, 0.2) is 43.0 Å². The minimum atomic E-state index is -1.05. The minimum absolute atomic E-state index is 0.152. The van der Waals surface area contributed by atoms with E-state index in [1.165, 1.54) is 6.20 Å². The summed E-state index contributed by atoms with van der Waals surface area (Å²) >= 11 is 0. The van der Waals surface area contributed by atoms with Crippen LogP contribution in [-0.2, 0) is 0 Å². The number of aromatic nitrogens is 5. The molecule has 1 saturated carbocycles. The SMILES string of the molecule is Fc1cnc(Nc2cc(-c3nc(NC4CCNCC4F)c4c(C5CC5)cncc4n3)ccn2)c(F)c1. The predicted octanol–water partition coefficient (Wildman–Crippen LogP) is 4.49. The Bertz CT molecular complexity index is 1430. The van der Waals surface area contributed by atoms with Gasteiger partial charge in [0.2, 0.25) is 0 Å². The van der Waals surface area contributed by atoms with Gasteiger partial charge in [-0.3, -0.25) is 4.98 Å². The highest BCUT2D eigenvalue weighted by Gasteiger charge is 2.30. The van der Waals surface area contributed by atoms with Crippen molar-refractivity contribution in [3.63, 3.8) is 0 Å². The molecule has 1 saturated heterocycles. The zero-order chi connectivity index (χ0) is 24.6. The van der Waals surface area contributed by atoms with Crippen LogP contribution in [0.4, 0.5) is 30.6 Å². The summed E-state index contributed by atoms with van der Waals surface area (Å²) in [4.78, 5) is 21.9. The number of fused-ring (bicyclic) bond motifs is 1. The van der Waals surface area contributed by atoms with E-state index in [9.17, 15) is 13.2 Å². The number of halogens is 3. The van der Waals surface area contributed by atoms with Crippen LogP contribution in [0.25, 0.3) is 22.3 Å². The van der Waals surface area contributed by atoms with Gasteiger partial charge >= 0.3 is 0 Å². The molecule has 3 N–H and O–H groups in total. The van der Waals surface area contributed by atoms with Crippen molar-refractivity contribution in [2.24, 2.45) is 0 Å². The van der Waals surface area contributed by atoms with Crippen LogP contribution < -0.4 is 16.0 Å². The fourth-order valence-corrected chi connectivity index (χ4v) is 4.47. The van der Waals surface area contributed by atoms with Crippen molar-refractivity contribution in [2.45, 2.75) is 37.4 Å². The third kappa shape index (κ3) is 4.53. The van der Waals surface area contributed by atoms with E-state index in [0.717, 1.165) is 42.6 Å². The standard InChI is InChI=1S/C25H23F3N8/c26-15-8-17(27)24(32-9-15)35-21-7-14(3-6-31-21)23-34-20-12-30-10-16(13-1-2-13)22(20)25(36-23)33-19-4-5-29-11-18(19)28/h3,6-10,12-13,18-19,29H,1-2,4-5,11H2,(H,31,32,35)(H,33,34,36). The van der Waals surface area contributed by atoms with E-state index in [1.807, 2.05) is 6.20 Å². The third-order valence-corrected chi connectivity index (χ3v) is 6.46. The highest BCUT2D eigenvalue weighted by Crippen LogP contribution is 2.44. The topological polar surface area (TPSA) is 101 Å². The van der Waals surface area contributed by atoms with Gasteiger partial charge in [-0.05, 0) is 49.4 Å². The number of alkyl halides is 1. The number of rotatable bonds is 6. The quantitative estimate of drug-likeness (QED) is 0.362. The molecule has 36 heavy (non-hydrogen) atoms. The average Bonchev–Trinajstić information content (AvgIpc) is 3.72. The molecule has 6 rings (SSSR count). The zero-order valence-corrected chi connectivity index (χ0v) is 19.2. The van der Waals surface area contributed by atoms with Gasteiger partial charge in [0.25, 0.3) is 0 Å². The average molecular weight is 493 g/mol. The third-order valence-electron chi connectivity index (χ3n) is 6.46. The summed E-state index contributed by atoms with van der Waals surface area (Å²) < 4.78 is 42.0. The van der Waals surface area contributed by atoms with E-state index in [-0.39, 0.29) is 24.2 Å². The lowest BCUT2D eigenvalue weighted by Crippen LogP contribution is -2.45. The van der Waals surface area contributed by atoms with Gasteiger partial charge in [0.1, 0.15) is 23.6 Å². The molecule has 0 amide bonds. The van der Waals surface area contributed by atoms with Gasteiger partial charge < -0.3 is 16.0 Å². The minimum Gasteiger partial charge on any atom is -0.364 e. The lowest BCUT2D eigenvalue weighted by atomic mass is 10.0. The molecule has 4 aromatic rings. The van der Waals surface area contributed by atoms with Gasteiger partial charge in [0, 0.05) is 36.0 Å². The van der Waals surface area contributed by atoms with Gasteiger partial charge in [-0.2, -0.15) is 0 Å². The van der Waals surface area contributed by atoms with Gasteiger partial charge in [-0.15, -0.1) is 0 Å². The molecule has 0 radical (unpaired) electrons. The first-order valence-electron chi connectivity index (χ1n) is 11.9. The molecule has 0 bridgehead atoms. The molecule has 2 atom stereocenters. The normalized spacial score (nSPS) is 19.9. The van der Waals surface area contributed by atoms with Crippen molar-refractivity contribution >= 4 is 28.4 Å². The highest BCUT2D eigenvalue weighted by atomic mass is 19.1. The smallest absolute Gasteiger partial charge is 0.168 e. The lowest BCUT2D eigenvalue weighted by Gasteiger charge is -2.28. The van der Waals surface area contributed by atoms with E-state index in [1.54, 1.807) is 18.3 Å². The summed E-state index contributed by atoms with van der Waals surface area (Å²) in [5.41, 5.74) is 2.34. The molecule has 1 aliphatic carbocycles. The van der Waals surface area contributed by atoms with E-state index < -0.39 is 17.8 Å². The highest BCUT2D eigenvalue weighted by molar-refractivity contribution is 5.93. The Morgan fingerprint density at radius 2 is 1.86 bits per heavy atom. The molecule has 184 valence electrons. The summed E-state index contributed by atoms with van der Waals surface area (Å²) in [6.45, 7) is 1.01. The molecule has 2 unspecified atom stereocenters. The summed E-state index contributed by atoms with van der Waals surface area (Å²) in [5, 5.41) is 10.1. The second-order valence-corrected chi connectivity index (χ2v) is 9.09. The first kappa shape index (κ1) is 22.6. The number of pyridine rings is 3. The molecule has 8 nitrogen and oxygen atoms in total. The second kappa shape index (κ2) is 9.30. The Kier molecular flexibility index (Phi) is 5.84. The van der Waals surface area contributed by atoms with Crippen LogP contribution >= 0.6 is 0 Å². The summed E-state index contributed by atoms with van der Waals surface area (Å²) in [7, 11) is 0. The molecule has 0 spiro atoms. The van der Waals surface area contributed by atoms with Crippen molar-refractivity contribution < 1.29 is 13.2 Å². The Morgan fingerprint density at radius 1 is 0.972 bits per heavy atom. The first-order valence-corrected chi connectivity index (χ1v) is 11.9. The largest absolute Gasteiger partial charge is 0.364 e. The number of hydrogen-bond acceptors (Lipinski definition) is 8. The van der Waals surface area contributed by atoms with E-state index >= 15 is 0 Å². The molecule has 4 aromatic heterocycles. The molecule has 0 aromatic carbocycles. The molecule has 2 fully saturated rings. The van der Waals surface area contributed by atoms with E-state index in [0.29, 0.717) is 35.1 Å². The Balaban J connectivity index is 1.40. The van der Waals surface area contributed by atoms with Crippen molar-refractivity contribution in [1.29, 1.82) is 0 Å². The summed E-state index contributed by atoms with van der Waals surface area (Å²) in [5.74, 6) is -0.102. The van der Waals surface area contributed by atoms with Gasteiger partial charge in [-0.1, -0.05) is 0 Å². The molecule has 5 heterocycles. The van der Waals surface area contributed by atoms with Gasteiger partial charge in [0.05, 0.1) is 24.0 Å². The van der Waals surface area contributed by atoms with E-state index in [4.69, 9.17) is 9.97 Å². The lowest BCUT2D eigenvalue weighted by molar-refractivity contribution is 0.244. The molecular formula is C25H23F3N8. The van der Waals surface area contributed by atoms with Crippen molar-refractivity contribution in [3.8, 4) is 11.4 Å². The van der Waals surface area contributed by atoms with Crippen LogP contribution in [0, 0.1) is 11.6 Å². The monoisotopic (exact) mass is 492 g/mol. The fourth-order valence-electron chi connectivity index (χ4n) is 4.47. The first-order chi connectivity index (χ1) is 17.5. The fraction of sp³-hybridized carbons (Fsp3) is 0.320. The Hall–Kier alpha value is -3.86. The maximum absolute atomic E-state index is 14.7. The zero-order valence-electron chi connectivity index (χ0n) is 19.2. The van der Waals surface area contributed by atoms with E-state index in [2.05, 4.69) is 30.9 Å². The molecule has 11 heteroatoms. The van der Waals surface area contributed by atoms with Crippen LogP contribution in [0.1, 0.15) is 30.7 Å². The molecule has 2 aliphatic rings. The van der Waals surface area contributed by atoms with Crippen LogP contribution in [0.5, 0.6) is 0 Å². The summed E-state index contributed by atoms with van der Waals surface area (Å²) in [6, 6.07) is 3.74. The second-order valence-electron chi connectivity index (χ2n) is 9.09. The van der Waals surface area contributed by atoms with Gasteiger partial charge in [-0.25, -0.2) is 33.1 Å². The van der Waals surface area contributed by atoms with Crippen LogP contribution in [-0.4, -0.2) is 50.2 Å². The number of hydrogen-bond donors (Lipinski definition) is 3. The van der Waals surface area contributed by atoms with Crippen LogP contribution in [0.3, 0.4) is 0 Å². The number of anilines is 3. The number of nitrogens with one attached hydrogen (secondary N) is 3. The van der Waals surface area contributed by atoms with Crippen molar-refractivity contribution in [3.05, 3.63) is 60.2 Å². The van der Waals surface area contributed by atoms with Crippen LogP contribution in [0.2, 0.25) is 0 Å². The Labute approximate surface area is 204 Å². The Morgan fingerprint density at radius 3 is 2.67 bits per heavy atom. The summed E-state index contributed by atoms with van der Waals surface area (Å²) in [6.07, 6.45) is 7.72. The number of nitrogens with zero attached hydrogens (tertiary/aromatic N) is 5. The number of piperidine rings is 1.